The van der Waals surface area contributed by atoms with Gasteiger partial charge in [-0.05, 0) is 56.8 Å². The van der Waals surface area contributed by atoms with E-state index in [0.717, 1.165) is 6.54 Å². The van der Waals surface area contributed by atoms with E-state index in [1.165, 1.54) is 62.0 Å². The zero-order valence-electron chi connectivity index (χ0n) is 13.8. The summed E-state index contributed by atoms with van der Waals surface area (Å²) in [6.07, 6.45) is 6.85. The molecular formula is C21H26N2. The van der Waals surface area contributed by atoms with Crippen LogP contribution in [0.4, 0.5) is 5.69 Å². The second kappa shape index (κ2) is 6.37. The number of nitrogens with zero attached hydrogens (tertiary/aromatic N) is 1. The Hall–Kier alpha value is -1.80. The molecule has 2 heterocycles. The highest BCUT2D eigenvalue weighted by molar-refractivity contribution is 5.77. The highest BCUT2D eigenvalue weighted by atomic mass is 15.2. The van der Waals surface area contributed by atoms with Crippen LogP contribution >= 0.6 is 0 Å². The zero-order valence-corrected chi connectivity index (χ0v) is 13.8. The van der Waals surface area contributed by atoms with Crippen LogP contribution in [0, 0.1) is 0 Å². The lowest BCUT2D eigenvalue weighted by atomic mass is 9.90. The van der Waals surface area contributed by atoms with Crippen molar-refractivity contribution in [1.82, 2.24) is 4.90 Å². The number of benzene rings is 2. The fourth-order valence-electron chi connectivity index (χ4n) is 4.57. The van der Waals surface area contributed by atoms with Gasteiger partial charge in [-0.2, -0.15) is 0 Å². The summed E-state index contributed by atoms with van der Waals surface area (Å²) in [6.45, 7) is 3.71. The summed E-state index contributed by atoms with van der Waals surface area (Å²) >= 11 is 0. The molecule has 4 rings (SSSR count). The van der Waals surface area contributed by atoms with E-state index in [9.17, 15) is 0 Å². The molecule has 1 N–H and O–H groups in total. The van der Waals surface area contributed by atoms with Crippen LogP contribution in [0.1, 0.15) is 32.1 Å². The fraction of sp³-hybridized carbons (Fsp3) is 0.429. The summed E-state index contributed by atoms with van der Waals surface area (Å²) in [5.41, 5.74) is 4.37. The first kappa shape index (κ1) is 14.8. The first-order valence-electron chi connectivity index (χ1n) is 9.01. The summed E-state index contributed by atoms with van der Waals surface area (Å²) in [7, 11) is 0. The number of fused-ring (bicyclic) bond motifs is 1. The molecule has 2 heteroatoms. The molecule has 0 aliphatic carbocycles. The molecule has 2 saturated heterocycles. The number of nitrogens with one attached hydrogen (secondary N) is 1. The van der Waals surface area contributed by atoms with Gasteiger partial charge in [0, 0.05) is 23.3 Å². The molecular weight excluding hydrogens is 280 g/mol. The van der Waals surface area contributed by atoms with Crippen molar-refractivity contribution in [3.8, 4) is 11.1 Å². The van der Waals surface area contributed by atoms with Gasteiger partial charge in [-0.3, -0.25) is 4.90 Å². The van der Waals surface area contributed by atoms with Crippen LogP contribution in [0.5, 0.6) is 0 Å². The van der Waals surface area contributed by atoms with Gasteiger partial charge in [0.25, 0.3) is 0 Å². The van der Waals surface area contributed by atoms with E-state index in [2.05, 4.69) is 64.8 Å². The minimum absolute atomic E-state index is 0.509. The van der Waals surface area contributed by atoms with Gasteiger partial charge in [-0.25, -0.2) is 0 Å². The number of rotatable bonds is 5. The van der Waals surface area contributed by atoms with Crippen molar-refractivity contribution in [3.63, 3.8) is 0 Å². The second-order valence-electron chi connectivity index (χ2n) is 7.01. The molecule has 0 atom stereocenters. The van der Waals surface area contributed by atoms with Crippen molar-refractivity contribution in [1.29, 1.82) is 0 Å². The minimum atomic E-state index is 0.509. The summed E-state index contributed by atoms with van der Waals surface area (Å²) < 4.78 is 0. The Bertz CT molecular complexity index is 640. The molecule has 0 unspecified atom stereocenters. The molecule has 0 radical (unpaired) electrons. The van der Waals surface area contributed by atoms with Gasteiger partial charge in [-0.15, -0.1) is 0 Å². The van der Waals surface area contributed by atoms with Crippen LogP contribution in [0.15, 0.2) is 54.6 Å². The van der Waals surface area contributed by atoms with E-state index in [4.69, 9.17) is 0 Å². The summed E-state index contributed by atoms with van der Waals surface area (Å²) in [6, 6.07) is 19.4. The molecule has 2 aromatic rings. The summed E-state index contributed by atoms with van der Waals surface area (Å²) in [5.74, 6) is 0. The molecule has 0 amide bonds. The predicted molar refractivity (Wildman–Crippen MR) is 97.8 cm³/mol. The molecule has 2 nitrogen and oxygen atoms in total. The number of hydrogen-bond acceptors (Lipinski definition) is 2. The van der Waals surface area contributed by atoms with E-state index in [0.29, 0.717) is 5.54 Å². The topological polar surface area (TPSA) is 15.3 Å². The Morgan fingerprint density at radius 1 is 0.870 bits per heavy atom. The van der Waals surface area contributed by atoms with Gasteiger partial charge in [0.1, 0.15) is 0 Å². The quantitative estimate of drug-likeness (QED) is 0.855. The molecule has 0 spiro atoms. The normalized spacial score (nSPS) is 19.7. The average molecular weight is 306 g/mol. The Kier molecular flexibility index (Phi) is 4.09. The Morgan fingerprint density at radius 2 is 1.57 bits per heavy atom. The Morgan fingerprint density at radius 3 is 2.35 bits per heavy atom. The lowest BCUT2D eigenvalue weighted by molar-refractivity contribution is 0.187. The second-order valence-corrected chi connectivity index (χ2v) is 7.01. The summed E-state index contributed by atoms with van der Waals surface area (Å²) in [4.78, 5) is 2.75. The van der Waals surface area contributed by atoms with E-state index in [1.807, 2.05) is 0 Å². The number of hydrogen-bond donors (Lipinski definition) is 1. The molecule has 120 valence electrons. The molecule has 2 aromatic carbocycles. The summed E-state index contributed by atoms with van der Waals surface area (Å²) in [5, 5.41) is 3.72. The van der Waals surface area contributed by atoms with Crippen LogP contribution in [0.3, 0.4) is 0 Å². The zero-order chi connectivity index (χ0) is 15.5. The molecule has 0 saturated carbocycles. The van der Waals surface area contributed by atoms with Crippen LogP contribution in [0.2, 0.25) is 0 Å². The maximum Gasteiger partial charge on any atom is 0.0419 e. The van der Waals surface area contributed by atoms with Crippen molar-refractivity contribution in [3.05, 3.63) is 54.6 Å². The van der Waals surface area contributed by atoms with Gasteiger partial charge in [0.2, 0.25) is 0 Å². The molecule has 23 heavy (non-hydrogen) atoms. The lowest BCUT2D eigenvalue weighted by Crippen LogP contribution is -2.39. The van der Waals surface area contributed by atoms with Crippen molar-refractivity contribution >= 4 is 5.69 Å². The highest BCUT2D eigenvalue weighted by Gasteiger charge is 2.43. The first-order valence-corrected chi connectivity index (χ1v) is 9.01. The van der Waals surface area contributed by atoms with Crippen molar-refractivity contribution in [2.45, 2.75) is 37.6 Å². The molecule has 2 aliphatic heterocycles. The van der Waals surface area contributed by atoms with Crippen LogP contribution in [-0.2, 0) is 0 Å². The monoisotopic (exact) mass is 306 g/mol. The van der Waals surface area contributed by atoms with Crippen molar-refractivity contribution < 1.29 is 0 Å². The van der Waals surface area contributed by atoms with E-state index < -0.39 is 0 Å². The number of anilines is 1. The molecule has 0 bridgehead atoms. The smallest absolute Gasteiger partial charge is 0.0419 e. The number of para-hydroxylation sites is 1. The van der Waals surface area contributed by atoms with Gasteiger partial charge in [0.15, 0.2) is 0 Å². The van der Waals surface area contributed by atoms with Crippen molar-refractivity contribution in [2.24, 2.45) is 0 Å². The van der Waals surface area contributed by atoms with E-state index >= 15 is 0 Å². The molecule has 0 aromatic heterocycles. The molecule has 2 fully saturated rings. The Labute approximate surface area is 139 Å². The van der Waals surface area contributed by atoms with Crippen molar-refractivity contribution in [2.75, 3.05) is 25.0 Å². The SMILES string of the molecule is c1ccc(-c2ccccc2NCCC23CCCN2CCC3)cc1. The molecule has 2 aliphatic rings. The maximum absolute atomic E-state index is 3.72. The highest BCUT2D eigenvalue weighted by Crippen LogP contribution is 2.41. The predicted octanol–water partition coefficient (Wildman–Crippen LogP) is 4.78. The van der Waals surface area contributed by atoms with Gasteiger partial charge < -0.3 is 5.32 Å². The average Bonchev–Trinajstić information content (AvgIpc) is 3.16. The third kappa shape index (κ3) is 2.88. The third-order valence-electron chi connectivity index (χ3n) is 5.73. The minimum Gasteiger partial charge on any atom is -0.384 e. The first-order chi connectivity index (χ1) is 11.4. The van der Waals surface area contributed by atoms with Gasteiger partial charge in [0.05, 0.1) is 0 Å². The lowest BCUT2D eigenvalue weighted by Gasteiger charge is -2.32. The van der Waals surface area contributed by atoms with E-state index in [-0.39, 0.29) is 0 Å². The largest absolute Gasteiger partial charge is 0.384 e. The Balaban J connectivity index is 1.46. The standard InChI is InChI=1S/C21H26N2/c1-2-8-18(9-3-1)19-10-4-5-11-20(19)22-15-14-21-12-6-16-23(21)17-7-13-21/h1-5,8-11,22H,6-7,12-17H2. The van der Waals surface area contributed by atoms with Crippen LogP contribution < -0.4 is 5.32 Å². The van der Waals surface area contributed by atoms with E-state index in [1.54, 1.807) is 0 Å². The van der Waals surface area contributed by atoms with Gasteiger partial charge in [-0.1, -0.05) is 48.5 Å². The third-order valence-corrected chi connectivity index (χ3v) is 5.73. The van der Waals surface area contributed by atoms with Crippen LogP contribution in [-0.4, -0.2) is 30.1 Å². The maximum atomic E-state index is 3.72. The fourth-order valence-corrected chi connectivity index (χ4v) is 4.57. The van der Waals surface area contributed by atoms with Gasteiger partial charge >= 0.3 is 0 Å². The van der Waals surface area contributed by atoms with Crippen LogP contribution in [0.25, 0.3) is 11.1 Å².